The summed E-state index contributed by atoms with van der Waals surface area (Å²) in [6, 6.07) is 9.48. The van der Waals surface area contributed by atoms with Gasteiger partial charge in [-0.15, -0.1) is 0 Å². The quantitative estimate of drug-likeness (QED) is 0.933. The smallest absolute Gasteiger partial charge is 0.0537 e. The van der Waals surface area contributed by atoms with Gasteiger partial charge in [0, 0.05) is 24.8 Å². The fourth-order valence-corrected chi connectivity index (χ4v) is 4.37. The van der Waals surface area contributed by atoms with Crippen LogP contribution in [0.1, 0.15) is 42.0 Å². The van der Waals surface area contributed by atoms with Crippen molar-refractivity contribution in [2.24, 2.45) is 18.9 Å². The highest BCUT2D eigenvalue weighted by molar-refractivity contribution is 5.41. The Labute approximate surface area is 126 Å². The fraction of sp³-hybridized carbons (Fsp3) is 0.500. The second-order valence-corrected chi connectivity index (χ2v) is 6.49. The number of aromatic nitrogens is 2. The van der Waals surface area contributed by atoms with E-state index in [9.17, 15) is 0 Å². The Kier molecular flexibility index (Phi) is 3.11. The van der Waals surface area contributed by atoms with Gasteiger partial charge in [0.2, 0.25) is 0 Å². The molecule has 3 nitrogen and oxygen atoms in total. The monoisotopic (exact) mass is 281 g/mol. The highest BCUT2D eigenvalue weighted by Gasteiger charge is 2.56. The Balaban J connectivity index is 1.65. The number of nitrogens with one attached hydrogen (secondary N) is 1. The summed E-state index contributed by atoms with van der Waals surface area (Å²) in [5.41, 5.74) is 4.52. The van der Waals surface area contributed by atoms with Crippen molar-refractivity contribution in [1.82, 2.24) is 15.1 Å². The summed E-state index contributed by atoms with van der Waals surface area (Å²) in [4.78, 5) is 0. The molecule has 1 saturated carbocycles. The molecule has 0 saturated heterocycles. The molecule has 2 aliphatic carbocycles. The van der Waals surface area contributed by atoms with Gasteiger partial charge >= 0.3 is 0 Å². The molecule has 2 aliphatic rings. The lowest BCUT2D eigenvalue weighted by atomic mass is 9.92. The number of nitrogens with zero attached hydrogens (tertiary/aromatic N) is 2. The minimum Gasteiger partial charge on any atom is -0.310 e. The third-order valence-electron chi connectivity index (χ3n) is 5.28. The van der Waals surface area contributed by atoms with E-state index in [0.717, 1.165) is 24.3 Å². The van der Waals surface area contributed by atoms with Gasteiger partial charge in [0.15, 0.2) is 0 Å². The lowest BCUT2D eigenvalue weighted by molar-refractivity contribution is 0.460. The molecule has 2 aromatic rings. The second kappa shape index (κ2) is 4.99. The van der Waals surface area contributed by atoms with Crippen molar-refractivity contribution in [1.29, 1.82) is 0 Å². The number of aryl methyl sites for hydroxylation is 2. The molecule has 0 amide bonds. The molecule has 110 valence electrons. The van der Waals surface area contributed by atoms with Gasteiger partial charge in [-0.2, -0.15) is 5.10 Å². The van der Waals surface area contributed by atoms with Crippen molar-refractivity contribution < 1.29 is 0 Å². The molecule has 0 spiro atoms. The third-order valence-corrected chi connectivity index (χ3v) is 5.28. The first kappa shape index (κ1) is 13.1. The Morgan fingerprint density at radius 1 is 1.38 bits per heavy atom. The van der Waals surface area contributed by atoms with E-state index < -0.39 is 0 Å². The molecule has 0 aliphatic heterocycles. The van der Waals surface area contributed by atoms with Gasteiger partial charge in [-0.3, -0.25) is 4.68 Å². The standard InChI is InChI=1S/C18H23N3/c1-3-19-18(13-10-20-21(2)11-13)17-15-9-8-12-6-4-5-7-14(12)16(15)17/h4-7,10-11,15-19H,3,8-9H2,1-2H3. The maximum Gasteiger partial charge on any atom is 0.0537 e. The van der Waals surface area contributed by atoms with Crippen molar-refractivity contribution in [2.45, 2.75) is 31.7 Å². The molecule has 1 aromatic heterocycles. The zero-order chi connectivity index (χ0) is 14.4. The van der Waals surface area contributed by atoms with E-state index in [0.29, 0.717) is 6.04 Å². The van der Waals surface area contributed by atoms with Crippen LogP contribution in [0.2, 0.25) is 0 Å². The first-order chi connectivity index (χ1) is 10.3. The first-order valence-corrected chi connectivity index (χ1v) is 8.09. The average Bonchev–Trinajstić information content (AvgIpc) is 3.09. The molecular formula is C18H23N3. The minimum absolute atomic E-state index is 0.449. The van der Waals surface area contributed by atoms with Gasteiger partial charge < -0.3 is 5.32 Å². The molecule has 21 heavy (non-hydrogen) atoms. The highest BCUT2D eigenvalue weighted by Crippen LogP contribution is 2.64. The molecular weight excluding hydrogens is 258 g/mol. The zero-order valence-electron chi connectivity index (χ0n) is 12.8. The van der Waals surface area contributed by atoms with Crippen LogP contribution in [0.15, 0.2) is 36.7 Å². The van der Waals surface area contributed by atoms with E-state index >= 15 is 0 Å². The van der Waals surface area contributed by atoms with Crippen LogP contribution in [0.4, 0.5) is 0 Å². The molecule has 3 heteroatoms. The lowest BCUT2D eigenvalue weighted by Crippen LogP contribution is -2.23. The van der Waals surface area contributed by atoms with E-state index in [1.807, 2.05) is 17.9 Å². The molecule has 1 aromatic carbocycles. The van der Waals surface area contributed by atoms with Gasteiger partial charge in [0.25, 0.3) is 0 Å². The predicted molar refractivity (Wildman–Crippen MR) is 84.1 cm³/mol. The Hall–Kier alpha value is -1.61. The van der Waals surface area contributed by atoms with Crippen molar-refractivity contribution in [3.05, 3.63) is 53.3 Å². The molecule has 1 heterocycles. The average molecular weight is 281 g/mol. The van der Waals surface area contributed by atoms with Crippen molar-refractivity contribution in [3.8, 4) is 0 Å². The largest absolute Gasteiger partial charge is 0.310 e. The fourth-order valence-electron chi connectivity index (χ4n) is 4.37. The zero-order valence-corrected chi connectivity index (χ0v) is 12.8. The number of hydrogen-bond acceptors (Lipinski definition) is 2. The maximum absolute atomic E-state index is 4.37. The SMILES string of the molecule is CCNC(c1cnn(C)c1)C1C2CCc3ccccc3C21. The Bertz CT molecular complexity index is 645. The third kappa shape index (κ3) is 2.11. The van der Waals surface area contributed by atoms with E-state index in [1.165, 1.54) is 18.4 Å². The maximum atomic E-state index is 4.37. The Morgan fingerprint density at radius 3 is 3.00 bits per heavy atom. The Morgan fingerprint density at radius 2 is 2.24 bits per heavy atom. The van der Waals surface area contributed by atoms with Crippen molar-refractivity contribution in [2.75, 3.05) is 6.54 Å². The summed E-state index contributed by atoms with van der Waals surface area (Å²) in [6.07, 6.45) is 6.79. The van der Waals surface area contributed by atoms with Crippen LogP contribution in [0.5, 0.6) is 0 Å². The highest BCUT2D eigenvalue weighted by atomic mass is 15.2. The van der Waals surface area contributed by atoms with Crippen LogP contribution >= 0.6 is 0 Å². The van der Waals surface area contributed by atoms with E-state index in [1.54, 1.807) is 11.1 Å². The first-order valence-electron chi connectivity index (χ1n) is 8.09. The molecule has 4 unspecified atom stereocenters. The van der Waals surface area contributed by atoms with Gasteiger partial charge in [0.1, 0.15) is 0 Å². The molecule has 4 rings (SSSR count). The number of fused-ring (bicyclic) bond motifs is 3. The molecule has 1 N–H and O–H groups in total. The van der Waals surface area contributed by atoms with E-state index in [2.05, 4.69) is 47.8 Å². The summed E-state index contributed by atoms with van der Waals surface area (Å²) < 4.78 is 1.92. The van der Waals surface area contributed by atoms with Crippen molar-refractivity contribution >= 4 is 0 Å². The summed E-state index contributed by atoms with van der Waals surface area (Å²) >= 11 is 0. The number of benzene rings is 1. The van der Waals surface area contributed by atoms with Crippen molar-refractivity contribution in [3.63, 3.8) is 0 Å². The number of rotatable bonds is 4. The molecule has 4 atom stereocenters. The van der Waals surface area contributed by atoms with Gasteiger partial charge in [0.05, 0.1) is 6.20 Å². The second-order valence-electron chi connectivity index (χ2n) is 6.49. The van der Waals surface area contributed by atoms with Crippen LogP contribution in [0.25, 0.3) is 0 Å². The summed E-state index contributed by atoms with van der Waals surface area (Å²) in [7, 11) is 2.00. The minimum atomic E-state index is 0.449. The predicted octanol–water partition coefficient (Wildman–Crippen LogP) is 3.05. The normalized spacial score (nSPS) is 27.8. The van der Waals surface area contributed by atoms with Crippen LogP contribution in [0, 0.1) is 11.8 Å². The van der Waals surface area contributed by atoms with Gasteiger partial charge in [-0.05, 0) is 48.3 Å². The lowest BCUT2D eigenvalue weighted by Gasteiger charge is -2.17. The summed E-state index contributed by atoms with van der Waals surface area (Å²) in [5, 5.41) is 8.08. The molecule has 0 radical (unpaired) electrons. The van der Waals surface area contributed by atoms with Gasteiger partial charge in [-0.25, -0.2) is 0 Å². The van der Waals surface area contributed by atoms with E-state index in [4.69, 9.17) is 0 Å². The van der Waals surface area contributed by atoms with Crippen LogP contribution in [-0.2, 0) is 13.5 Å². The number of hydrogen-bond donors (Lipinski definition) is 1. The van der Waals surface area contributed by atoms with Crippen LogP contribution in [0.3, 0.4) is 0 Å². The summed E-state index contributed by atoms with van der Waals surface area (Å²) in [5.74, 6) is 2.33. The topological polar surface area (TPSA) is 29.9 Å². The van der Waals surface area contributed by atoms with Crippen LogP contribution in [-0.4, -0.2) is 16.3 Å². The van der Waals surface area contributed by atoms with Crippen LogP contribution < -0.4 is 5.32 Å². The van der Waals surface area contributed by atoms with Gasteiger partial charge in [-0.1, -0.05) is 31.2 Å². The summed E-state index contributed by atoms with van der Waals surface area (Å²) in [6.45, 7) is 3.21. The van der Waals surface area contributed by atoms with E-state index in [-0.39, 0.29) is 0 Å². The molecule has 0 bridgehead atoms. The molecule has 1 fully saturated rings.